The van der Waals surface area contributed by atoms with E-state index in [2.05, 4.69) is 15.4 Å². The lowest BCUT2D eigenvalue weighted by Gasteiger charge is -2.16. The van der Waals surface area contributed by atoms with E-state index in [0.717, 1.165) is 0 Å². The number of hydrogen-bond acceptors (Lipinski definition) is 6. The zero-order chi connectivity index (χ0) is 16.3. The van der Waals surface area contributed by atoms with Crippen LogP contribution in [0.15, 0.2) is 24.3 Å². The first kappa shape index (κ1) is 15.7. The van der Waals surface area contributed by atoms with Gasteiger partial charge in [-0.2, -0.15) is 0 Å². The maximum absolute atomic E-state index is 12.1. The van der Waals surface area contributed by atoms with Crippen LogP contribution in [0.25, 0.3) is 11.3 Å². The van der Waals surface area contributed by atoms with Gasteiger partial charge >= 0.3 is 0 Å². The molecule has 0 saturated carbocycles. The van der Waals surface area contributed by atoms with Gasteiger partial charge in [-0.3, -0.25) is 10.2 Å². The number of aromatic nitrogens is 2. The molecule has 22 heavy (non-hydrogen) atoms. The van der Waals surface area contributed by atoms with Gasteiger partial charge < -0.3 is 10.5 Å². The maximum atomic E-state index is 12.1. The van der Waals surface area contributed by atoms with Gasteiger partial charge in [0.05, 0.1) is 23.1 Å². The van der Waals surface area contributed by atoms with Crippen molar-refractivity contribution in [1.82, 2.24) is 15.4 Å². The Morgan fingerprint density at radius 3 is 2.59 bits per heavy atom. The largest absolute Gasteiger partial charge is 0.490 e. The Bertz CT molecular complexity index is 700. The van der Waals surface area contributed by atoms with E-state index in [1.807, 2.05) is 38.1 Å². The first-order valence-electron chi connectivity index (χ1n) is 6.85. The number of carbonyl (C=O) groups is 1. The molecule has 1 aromatic carbocycles. The molecule has 116 valence electrons. The van der Waals surface area contributed by atoms with Crippen LogP contribution in [-0.2, 0) is 0 Å². The number of nitrogen functional groups attached to an aromatic ring is 2. The number of hydrazine groups is 1. The van der Waals surface area contributed by atoms with Crippen LogP contribution in [-0.4, -0.2) is 22.0 Å². The lowest BCUT2D eigenvalue weighted by molar-refractivity contribution is 0.0953. The number of anilines is 1. The second-order valence-electron chi connectivity index (χ2n) is 5.03. The summed E-state index contributed by atoms with van der Waals surface area (Å²) >= 11 is 0. The quantitative estimate of drug-likeness (QED) is 0.447. The summed E-state index contributed by atoms with van der Waals surface area (Å²) in [5.74, 6) is 5.48. The van der Waals surface area contributed by atoms with Gasteiger partial charge in [-0.1, -0.05) is 12.1 Å². The smallest absolute Gasteiger partial charge is 0.269 e. The lowest BCUT2D eigenvalue weighted by atomic mass is 10.0. The molecule has 0 aliphatic carbocycles. The summed E-state index contributed by atoms with van der Waals surface area (Å²) < 4.78 is 5.78. The fourth-order valence-corrected chi connectivity index (χ4v) is 2.15. The lowest BCUT2D eigenvalue weighted by Crippen LogP contribution is -2.31. The summed E-state index contributed by atoms with van der Waals surface area (Å²) in [6.07, 6.45) is -0.0202. The average molecular weight is 301 g/mol. The Balaban J connectivity index is 2.69. The molecule has 0 radical (unpaired) electrons. The first-order valence-corrected chi connectivity index (χ1v) is 6.85. The molecule has 0 unspecified atom stereocenters. The summed E-state index contributed by atoms with van der Waals surface area (Å²) in [6.45, 7) is 5.52. The van der Waals surface area contributed by atoms with Crippen molar-refractivity contribution in [1.29, 1.82) is 0 Å². The van der Waals surface area contributed by atoms with Gasteiger partial charge in [-0.05, 0) is 32.9 Å². The third-order valence-electron chi connectivity index (χ3n) is 2.97. The van der Waals surface area contributed by atoms with Crippen molar-refractivity contribution in [3.63, 3.8) is 0 Å². The van der Waals surface area contributed by atoms with Gasteiger partial charge in [-0.25, -0.2) is 15.8 Å². The number of aryl methyl sites for hydroxylation is 1. The van der Waals surface area contributed by atoms with E-state index in [1.54, 1.807) is 6.92 Å². The summed E-state index contributed by atoms with van der Waals surface area (Å²) in [6, 6.07) is 7.31. The van der Waals surface area contributed by atoms with Crippen molar-refractivity contribution in [3.05, 3.63) is 35.5 Å². The number of nitrogens with zero attached hydrogens (tertiary/aromatic N) is 2. The van der Waals surface area contributed by atoms with Gasteiger partial charge in [0, 0.05) is 5.56 Å². The molecule has 0 aliphatic heterocycles. The highest BCUT2D eigenvalue weighted by Crippen LogP contribution is 2.32. The Labute approximate surface area is 128 Å². The van der Waals surface area contributed by atoms with Gasteiger partial charge in [0.15, 0.2) is 0 Å². The minimum Gasteiger partial charge on any atom is -0.490 e. The maximum Gasteiger partial charge on any atom is 0.269 e. The Morgan fingerprint density at radius 1 is 1.27 bits per heavy atom. The van der Waals surface area contributed by atoms with Crippen molar-refractivity contribution in [3.8, 4) is 17.0 Å². The van der Waals surface area contributed by atoms with Gasteiger partial charge in [0.25, 0.3) is 5.91 Å². The molecule has 0 atom stereocenters. The monoisotopic (exact) mass is 301 g/mol. The molecule has 1 heterocycles. The number of rotatable bonds is 4. The zero-order valence-corrected chi connectivity index (χ0v) is 12.8. The fraction of sp³-hybridized carbons (Fsp3) is 0.267. The second-order valence-corrected chi connectivity index (χ2v) is 5.03. The van der Waals surface area contributed by atoms with E-state index in [-0.39, 0.29) is 17.6 Å². The van der Waals surface area contributed by atoms with E-state index in [0.29, 0.717) is 22.7 Å². The highest BCUT2D eigenvalue weighted by Gasteiger charge is 2.21. The summed E-state index contributed by atoms with van der Waals surface area (Å²) in [5, 5.41) is 0. The average Bonchev–Trinajstić information content (AvgIpc) is 2.45. The van der Waals surface area contributed by atoms with E-state index in [1.165, 1.54) is 0 Å². The SMILES string of the molecule is Cc1nc(N)nc(-c2ccccc2OC(C)C)c1C(=O)NN. The third-order valence-corrected chi connectivity index (χ3v) is 2.97. The van der Waals surface area contributed by atoms with E-state index < -0.39 is 5.91 Å². The first-order chi connectivity index (χ1) is 10.4. The molecule has 0 bridgehead atoms. The van der Waals surface area contributed by atoms with Crippen LogP contribution in [0.5, 0.6) is 5.75 Å². The van der Waals surface area contributed by atoms with E-state index in [9.17, 15) is 4.79 Å². The van der Waals surface area contributed by atoms with Crippen LogP contribution >= 0.6 is 0 Å². The highest BCUT2D eigenvalue weighted by molar-refractivity contribution is 6.01. The molecule has 0 saturated heterocycles. The minimum atomic E-state index is -0.480. The zero-order valence-electron chi connectivity index (χ0n) is 12.8. The van der Waals surface area contributed by atoms with Crippen LogP contribution < -0.4 is 21.7 Å². The molecule has 1 amide bonds. The Morgan fingerprint density at radius 2 is 1.95 bits per heavy atom. The van der Waals surface area contributed by atoms with E-state index in [4.69, 9.17) is 16.3 Å². The molecule has 7 heteroatoms. The number of amides is 1. The molecule has 0 spiro atoms. The standard InChI is InChI=1S/C15H19N5O2/c1-8(2)22-11-7-5-4-6-10(11)13-12(14(21)20-17)9(3)18-15(16)19-13/h4-8H,17H2,1-3H3,(H,20,21)(H2,16,18,19). The molecule has 1 aromatic heterocycles. The minimum absolute atomic E-state index is 0.0202. The number of hydrogen-bond donors (Lipinski definition) is 3. The topological polar surface area (TPSA) is 116 Å². The van der Waals surface area contributed by atoms with Crippen molar-refractivity contribution in [2.75, 3.05) is 5.73 Å². The van der Waals surface area contributed by atoms with Crippen molar-refractivity contribution in [2.45, 2.75) is 26.9 Å². The molecule has 0 fully saturated rings. The number of carbonyl (C=O) groups excluding carboxylic acids is 1. The second kappa shape index (κ2) is 6.40. The molecule has 7 nitrogen and oxygen atoms in total. The van der Waals surface area contributed by atoms with Gasteiger partial charge in [-0.15, -0.1) is 0 Å². The van der Waals surface area contributed by atoms with Crippen LogP contribution in [0.4, 0.5) is 5.95 Å². The number of benzene rings is 1. The number of nitrogens with two attached hydrogens (primary N) is 2. The van der Waals surface area contributed by atoms with Crippen molar-refractivity contribution in [2.24, 2.45) is 5.84 Å². The molecule has 5 N–H and O–H groups in total. The molecule has 0 aliphatic rings. The number of nitrogens with one attached hydrogen (secondary N) is 1. The Hall–Kier alpha value is -2.67. The predicted octanol–water partition coefficient (Wildman–Crippen LogP) is 1.42. The molecular weight excluding hydrogens is 282 g/mol. The Kier molecular flexibility index (Phi) is 4.57. The van der Waals surface area contributed by atoms with E-state index >= 15 is 0 Å². The van der Waals surface area contributed by atoms with Crippen molar-refractivity contribution >= 4 is 11.9 Å². The molecule has 2 aromatic rings. The summed E-state index contributed by atoms with van der Waals surface area (Å²) in [4.78, 5) is 20.3. The normalized spacial score (nSPS) is 10.6. The summed E-state index contributed by atoms with van der Waals surface area (Å²) in [5.41, 5.74) is 9.62. The number of ether oxygens (including phenoxy) is 1. The number of para-hydroxylation sites is 1. The van der Waals surface area contributed by atoms with Crippen LogP contribution in [0.1, 0.15) is 29.9 Å². The van der Waals surface area contributed by atoms with Gasteiger partial charge in [0.2, 0.25) is 5.95 Å². The highest BCUT2D eigenvalue weighted by atomic mass is 16.5. The van der Waals surface area contributed by atoms with Crippen LogP contribution in [0.2, 0.25) is 0 Å². The van der Waals surface area contributed by atoms with Crippen molar-refractivity contribution < 1.29 is 9.53 Å². The summed E-state index contributed by atoms with van der Waals surface area (Å²) in [7, 11) is 0. The third kappa shape index (κ3) is 3.15. The predicted molar refractivity (Wildman–Crippen MR) is 84.0 cm³/mol. The molecule has 2 rings (SSSR count). The molecular formula is C15H19N5O2. The van der Waals surface area contributed by atoms with Gasteiger partial charge in [0.1, 0.15) is 5.75 Å². The fourth-order valence-electron chi connectivity index (χ4n) is 2.15. The van der Waals surface area contributed by atoms with Crippen LogP contribution in [0, 0.1) is 6.92 Å². The van der Waals surface area contributed by atoms with Crippen LogP contribution in [0.3, 0.4) is 0 Å².